The van der Waals surface area contributed by atoms with Crippen molar-refractivity contribution in [3.63, 3.8) is 0 Å². The largest absolute Gasteiger partial charge is 0.338 e. The highest BCUT2D eigenvalue weighted by molar-refractivity contribution is 7.17. The summed E-state index contributed by atoms with van der Waals surface area (Å²) in [6.07, 6.45) is 8.15. The molecule has 0 atom stereocenters. The standard InChI is InChI=1S/C29H25N7OS/c1-17(37)25-6-7-26(38-25)20-8-9-31-29-21(20)13-24(33-29)28-27-23(34-35-28)5-4-22(32-27)19-12-18(14-30-15-19)16-36-10-2-3-11-36/h4-9,12-15H,2-3,10-11,16H2,1H3,(H,31,33)(H,34,35). The molecule has 0 bridgehead atoms. The maximum Gasteiger partial charge on any atom is 0.169 e. The lowest BCUT2D eigenvalue weighted by molar-refractivity contribution is 0.102. The molecular formula is C29H25N7OS. The molecule has 9 heteroatoms. The average Bonchev–Trinajstić information content (AvgIpc) is 3.74. The van der Waals surface area contributed by atoms with E-state index in [0.717, 1.165) is 79.7 Å². The molecule has 8 nitrogen and oxygen atoms in total. The van der Waals surface area contributed by atoms with E-state index in [1.165, 1.54) is 29.7 Å². The van der Waals surface area contributed by atoms with Crippen molar-refractivity contribution in [2.75, 3.05) is 13.1 Å². The van der Waals surface area contributed by atoms with E-state index in [1.54, 1.807) is 13.1 Å². The number of rotatable bonds is 6. The maximum absolute atomic E-state index is 11.8. The molecule has 1 aliphatic heterocycles. The fourth-order valence-corrected chi connectivity index (χ4v) is 6.14. The summed E-state index contributed by atoms with van der Waals surface area (Å²) in [4.78, 5) is 33.6. The van der Waals surface area contributed by atoms with E-state index in [2.05, 4.69) is 42.2 Å². The van der Waals surface area contributed by atoms with Crippen molar-refractivity contribution in [3.8, 4) is 33.1 Å². The van der Waals surface area contributed by atoms with Gasteiger partial charge in [0.1, 0.15) is 16.9 Å². The highest BCUT2D eigenvalue weighted by Gasteiger charge is 2.18. The Morgan fingerprint density at radius 3 is 2.82 bits per heavy atom. The van der Waals surface area contributed by atoms with E-state index in [1.807, 2.05) is 42.7 Å². The molecular weight excluding hydrogens is 494 g/mol. The summed E-state index contributed by atoms with van der Waals surface area (Å²) in [5.41, 5.74) is 8.08. The van der Waals surface area contributed by atoms with Crippen LogP contribution in [0.5, 0.6) is 0 Å². The van der Waals surface area contributed by atoms with Crippen LogP contribution in [0.4, 0.5) is 0 Å². The number of thiophene rings is 1. The van der Waals surface area contributed by atoms with Crippen molar-refractivity contribution in [1.29, 1.82) is 0 Å². The molecule has 38 heavy (non-hydrogen) atoms. The van der Waals surface area contributed by atoms with Crippen LogP contribution < -0.4 is 0 Å². The number of carbonyl (C=O) groups excluding carboxylic acids is 1. The number of nitrogens with zero attached hydrogens (tertiary/aromatic N) is 5. The molecule has 0 aliphatic carbocycles. The van der Waals surface area contributed by atoms with Gasteiger partial charge in [-0.25, -0.2) is 9.97 Å². The van der Waals surface area contributed by atoms with Gasteiger partial charge in [0.15, 0.2) is 5.78 Å². The SMILES string of the molecule is CC(=O)c1ccc(-c2ccnc3[nH]c(-c4n[nH]c5ccc(-c6cncc(CN7CCCC7)c6)nc45)cc23)s1. The van der Waals surface area contributed by atoms with Gasteiger partial charge in [0, 0.05) is 46.5 Å². The van der Waals surface area contributed by atoms with Crippen molar-refractivity contribution < 1.29 is 4.79 Å². The number of aromatic nitrogens is 6. The summed E-state index contributed by atoms with van der Waals surface area (Å²) in [6, 6.07) is 14.1. The van der Waals surface area contributed by atoms with Gasteiger partial charge < -0.3 is 4.98 Å². The third-order valence-corrected chi connectivity index (χ3v) is 8.33. The number of H-pyrrole nitrogens is 2. The van der Waals surface area contributed by atoms with Gasteiger partial charge >= 0.3 is 0 Å². The molecule has 7 heterocycles. The zero-order valence-electron chi connectivity index (χ0n) is 20.9. The average molecular weight is 520 g/mol. The number of aromatic amines is 2. The number of hydrogen-bond donors (Lipinski definition) is 2. The van der Waals surface area contributed by atoms with Crippen LogP contribution in [0.1, 0.15) is 35.0 Å². The predicted octanol–water partition coefficient (Wildman–Crippen LogP) is 6.09. The van der Waals surface area contributed by atoms with Crippen LogP contribution in [0, 0.1) is 0 Å². The Kier molecular flexibility index (Phi) is 5.60. The lowest BCUT2D eigenvalue weighted by Gasteiger charge is -2.14. The van der Waals surface area contributed by atoms with Gasteiger partial charge in [-0.05, 0) is 80.9 Å². The molecule has 7 rings (SSSR count). The second-order valence-electron chi connectivity index (χ2n) is 9.75. The Morgan fingerprint density at radius 1 is 1.08 bits per heavy atom. The van der Waals surface area contributed by atoms with Crippen LogP contribution >= 0.6 is 11.3 Å². The number of ketones is 1. The molecule has 1 aliphatic rings. The van der Waals surface area contributed by atoms with Crippen LogP contribution in [0.25, 0.3) is 55.2 Å². The van der Waals surface area contributed by atoms with Crippen LogP contribution in [0.2, 0.25) is 0 Å². The quantitative estimate of drug-likeness (QED) is 0.258. The third-order valence-electron chi connectivity index (χ3n) is 7.11. The van der Waals surface area contributed by atoms with Crippen LogP contribution in [-0.2, 0) is 6.54 Å². The first-order valence-corrected chi connectivity index (χ1v) is 13.5. The topological polar surface area (TPSA) is 103 Å². The molecule has 0 aromatic carbocycles. The number of likely N-dealkylation sites (tertiary alicyclic amines) is 1. The maximum atomic E-state index is 11.8. The van der Waals surface area contributed by atoms with Crippen molar-refractivity contribution in [1.82, 2.24) is 35.0 Å². The lowest BCUT2D eigenvalue weighted by Crippen LogP contribution is -2.18. The zero-order chi connectivity index (χ0) is 25.6. The Morgan fingerprint density at radius 2 is 1.97 bits per heavy atom. The smallest absolute Gasteiger partial charge is 0.169 e. The zero-order valence-corrected chi connectivity index (χ0v) is 21.7. The Balaban J connectivity index is 1.27. The first kappa shape index (κ1) is 22.9. The second-order valence-corrected chi connectivity index (χ2v) is 10.8. The number of fused-ring (bicyclic) bond motifs is 2. The highest BCUT2D eigenvalue weighted by Crippen LogP contribution is 2.36. The molecule has 0 amide bonds. The van der Waals surface area contributed by atoms with Crippen molar-refractivity contribution in [2.45, 2.75) is 26.3 Å². The summed E-state index contributed by atoms with van der Waals surface area (Å²) in [7, 11) is 0. The van der Waals surface area contributed by atoms with E-state index < -0.39 is 0 Å². The normalized spacial score (nSPS) is 14.1. The van der Waals surface area contributed by atoms with Crippen LogP contribution in [-0.4, -0.2) is 53.9 Å². The molecule has 0 radical (unpaired) electrons. The second kappa shape index (κ2) is 9.27. The van der Waals surface area contributed by atoms with Gasteiger partial charge in [0.25, 0.3) is 0 Å². The number of hydrogen-bond acceptors (Lipinski definition) is 7. The summed E-state index contributed by atoms with van der Waals surface area (Å²) >= 11 is 1.49. The molecule has 6 aromatic rings. The van der Waals surface area contributed by atoms with Crippen LogP contribution in [0.3, 0.4) is 0 Å². The fraction of sp³-hybridized carbons (Fsp3) is 0.207. The minimum atomic E-state index is 0.0722. The summed E-state index contributed by atoms with van der Waals surface area (Å²) in [6.45, 7) is 4.81. The summed E-state index contributed by atoms with van der Waals surface area (Å²) in [5, 5.41) is 8.70. The number of pyridine rings is 3. The minimum absolute atomic E-state index is 0.0722. The monoisotopic (exact) mass is 519 g/mol. The lowest BCUT2D eigenvalue weighted by atomic mass is 10.1. The Labute approximate surface area is 222 Å². The van der Waals surface area contributed by atoms with E-state index in [-0.39, 0.29) is 5.78 Å². The van der Waals surface area contributed by atoms with Gasteiger partial charge in [-0.15, -0.1) is 11.3 Å². The van der Waals surface area contributed by atoms with Crippen molar-refractivity contribution in [2.24, 2.45) is 0 Å². The molecule has 1 saturated heterocycles. The molecule has 1 fully saturated rings. The number of nitrogens with one attached hydrogen (secondary N) is 2. The van der Waals surface area contributed by atoms with Gasteiger partial charge in [0.2, 0.25) is 0 Å². The van der Waals surface area contributed by atoms with E-state index in [0.29, 0.717) is 0 Å². The Bertz CT molecular complexity index is 1810. The van der Waals surface area contributed by atoms with Crippen molar-refractivity contribution in [3.05, 3.63) is 71.5 Å². The van der Waals surface area contributed by atoms with Gasteiger partial charge in [-0.2, -0.15) is 5.10 Å². The van der Waals surface area contributed by atoms with E-state index in [9.17, 15) is 4.79 Å². The first-order chi connectivity index (χ1) is 18.6. The first-order valence-electron chi connectivity index (χ1n) is 12.7. The predicted molar refractivity (Wildman–Crippen MR) is 150 cm³/mol. The molecule has 2 N–H and O–H groups in total. The number of carbonyl (C=O) groups is 1. The van der Waals surface area contributed by atoms with Gasteiger partial charge in [-0.3, -0.25) is 19.8 Å². The molecule has 0 spiro atoms. The minimum Gasteiger partial charge on any atom is -0.338 e. The van der Waals surface area contributed by atoms with E-state index in [4.69, 9.17) is 4.98 Å². The Hall–Kier alpha value is -4.21. The summed E-state index contributed by atoms with van der Waals surface area (Å²) in [5.74, 6) is 0.0722. The van der Waals surface area contributed by atoms with E-state index >= 15 is 0 Å². The molecule has 0 unspecified atom stereocenters. The van der Waals surface area contributed by atoms with Gasteiger partial charge in [0.05, 0.1) is 21.8 Å². The fourth-order valence-electron chi connectivity index (χ4n) is 5.20. The summed E-state index contributed by atoms with van der Waals surface area (Å²) < 4.78 is 0. The highest BCUT2D eigenvalue weighted by atomic mass is 32.1. The van der Waals surface area contributed by atoms with Crippen molar-refractivity contribution >= 4 is 39.2 Å². The third kappa shape index (κ3) is 4.09. The molecule has 6 aromatic heterocycles. The molecule has 188 valence electrons. The number of Topliss-reactive ketones (excluding diaryl/α,β-unsaturated/α-hetero) is 1. The van der Waals surface area contributed by atoms with Crippen LogP contribution in [0.15, 0.2) is 61.1 Å². The molecule has 0 saturated carbocycles. The van der Waals surface area contributed by atoms with Gasteiger partial charge in [-0.1, -0.05) is 0 Å².